The highest BCUT2D eigenvalue weighted by atomic mass is 16.5. The van der Waals surface area contributed by atoms with E-state index >= 15 is 0 Å². The molecule has 0 atom stereocenters. The van der Waals surface area contributed by atoms with Crippen molar-refractivity contribution in [2.75, 3.05) is 33.3 Å². The summed E-state index contributed by atoms with van der Waals surface area (Å²) in [5, 5.41) is 0. The molecule has 0 aromatic heterocycles. The molecule has 1 saturated carbocycles. The van der Waals surface area contributed by atoms with Gasteiger partial charge in [0, 0.05) is 44.2 Å². The van der Waals surface area contributed by atoms with Gasteiger partial charge in [0.05, 0.1) is 7.11 Å². The Morgan fingerprint density at radius 1 is 1.17 bits per heavy atom. The van der Waals surface area contributed by atoms with Gasteiger partial charge < -0.3 is 9.64 Å². The lowest BCUT2D eigenvalue weighted by Crippen LogP contribution is -2.49. The van der Waals surface area contributed by atoms with Gasteiger partial charge in [-0.15, -0.1) is 0 Å². The Morgan fingerprint density at radius 3 is 2.52 bits per heavy atom. The van der Waals surface area contributed by atoms with E-state index in [9.17, 15) is 4.79 Å². The van der Waals surface area contributed by atoms with Crippen molar-refractivity contribution in [3.63, 3.8) is 0 Å². The number of aryl methyl sites for hydroxylation is 1. The molecule has 0 spiro atoms. The second-order valence-electron chi connectivity index (χ2n) is 6.90. The first-order valence-electron chi connectivity index (χ1n) is 8.82. The highest BCUT2D eigenvalue weighted by molar-refractivity contribution is 5.79. The molecule has 0 N–H and O–H groups in total. The summed E-state index contributed by atoms with van der Waals surface area (Å²) in [6, 6.07) is 6.33. The van der Waals surface area contributed by atoms with Crippen LogP contribution in [0.3, 0.4) is 0 Å². The van der Waals surface area contributed by atoms with Crippen molar-refractivity contribution in [1.82, 2.24) is 9.80 Å². The van der Waals surface area contributed by atoms with E-state index in [1.807, 2.05) is 6.07 Å². The van der Waals surface area contributed by atoms with Gasteiger partial charge in [-0.1, -0.05) is 30.5 Å². The summed E-state index contributed by atoms with van der Waals surface area (Å²) in [4.78, 5) is 17.0. The maximum absolute atomic E-state index is 12.5. The van der Waals surface area contributed by atoms with E-state index in [1.54, 1.807) is 7.11 Å². The first kappa shape index (κ1) is 16.3. The normalized spacial score (nSPS) is 20.0. The molecule has 3 rings (SSSR count). The summed E-state index contributed by atoms with van der Waals surface area (Å²) >= 11 is 0. The molecular formula is C19H28N2O2. The number of methoxy groups -OCH3 is 1. The quantitative estimate of drug-likeness (QED) is 0.856. The SMILES string of the molecule is COc1ccc(C)cc1CN1CCN(C(=O)C2CCCC2)CC1. The average molecular weight is 316 g/mol. The number of benzene rings is 1. The van der Waals surface area contributed by atoms with Crippen LogP contribution in [0.15, 0.2) is 18.2 Å². The first-order chi connectivity index (χ1) is 11.2. The third-order valence-corrected chi connectivity index (χ3v) is 5.22. The van der Waals surface area contributed by atoms with Crippen LogP contribution in [-0.4, -0.2) is 49.0 Å². The number of amides is 1. The van der Waals surface area contributed by atoms with Crippen LogP contribution < -0.4 is 4.74 Å². The van der Waals surface area contributed by atoms with Crippen molar-refractivity contribution in [2.45, 2.75) is 39.2 Å². The number of piperazine rings is 1. The number of carbonyl (C=O) groups is 1. The van der Waals surface area contributed by atoms with Crippen LogP contribution in [0.2, 0.25) is 0 Å². The van der Waals surface area contributed by atoms with E-state index in [0.717, 1.165) is 51.3 Å². The van der Waals surface area contributed by atoms with E-state index in [0.29, 0.717) is 11.8 Å². The molecule has 1 amide bonds. The zero-order chi connectivity index (χ0) is 16.2. The fraction of sp³-hybridized carbons (Fsp3) is 0.632. The largest absolute Gasteiger partial charge is 0.496 e. The number of hydrogen-bond donors (Lipinski definition) is 0. The monoisotopic (exact) mass is 316 g/mol. The topological polar surface area (TPSA) is 32.8 Å². The highest BCUT2D eigenvalue weighted by Gasteiger charge is 2.29. The molecule has 0 bridgehead atoms. The smallest absolute Gasteiger partial charge is 0.225 e. The van der Waals surface area contributed by atoms with Crippen LogP contribution in [0.1, 0.15) is 36.8 Å². The summed E-state index contributed by atoms with van der Waals surface area (Å²) in [5.74, 6) is 1.66. The standard InChI is InChI=1S/C19H28N2O2/c1-15-7-8-18(23-2)17(13-15)14-20-9-11-21(12-10-20)19(22)16-5-3-4-6-16/h7-8,13,16H,3-6,9-12,14H2,1-2H3. The van der Waals surface area contributed by atoms with E-state index in [1.165, 1.54) is 24.0 Å². The van der Waals surface area contributed by atoms with Crippen LogP contribution in [0.5, 0.6) is 5.75 Å². The Morgan fingerprint density at radius 2 is 1.87 bits per heavy atom. The molecule has 4 nitrogen and oxygen atoms in total. The Balaban J connectivity index is 1.55. The summed E-state index contributed by atoms with van der Waals surface area (Å²) in [5.41, 5.74) is 2.50. The van der Waals surface area contributed by atoms with Crippen LogP contribution in [0.4, 0.5) is 0 Å². The number of rotatable bonds is 4. The van der Waals surface area contributed by atoms with Crippen LogP contribution >= 0.6 is 0 Å². The number of hydrogen-bond acceptors (Lipinski definition) is 3. The second-order valence-corrected chi connectivity index (χ2v) is 6.90. The van der Waals surface area contributed by atoms with E-state index in [-0.39, 0.29) is 0 Å². The van der Waals surface area contributed by atoms with Crippen molar-refractivity contribution in [3.8, 4) is 5.75 Å². The summed E-state index contributed by atoms with van der Waals surface area (Å²) in [6.45, 7) is 6.65. The van der Waals surface area contributed by atoms with E-state index in [4.69, 9.17) is 4.74 Å². The average Bonchev–Trinajstić information content (AvgIpc) is 3.10. The third-order valence-electron chi connectivity index (χ3n) is 5.22. The highest BCUT2D eigenvalue weighted by Crippen LogP contribution is 2.27. The lowest BCUT2D eigenvalue weighted by atomic mass is 10.1. The zero-order valence-electron chi connectivity index (χ0n) is 14.4. The van der Waals surface area contributed by atoms with Gasteiger partial charge in [0.2, 0.25) is 5.91 Å². The van der Waals surface area contributed by atoms with Gasteiger partial charge in [-0.05, 0) is 25.8 Å². The van der Waals surface area contributed by atoms with Crippen molar-refractivity contribution in [3.05, 3.63) is 29.3 Å². The van der Waals surface area contributed by atoms with Crippen LogP contribution in [0, 0.1) is 12.8 Å². The predicted octanol–water partition coefficient (Wildman–Crippen LogP) is 2.84. The summed E-state index contributed by atoms with van der Waals surface area (Å²) < 4.78 is 5.48. The van der Waals surface area contributed by atoms with Crippen molar-refractivity contribution in [1.29, 1.82) is 0 Å². The molecule has 4 heteroatoms. The van der Waals surface area contributed by atoms with Gasteiger partial charge in [0.15, 0.2) is 0 Å². The summed E-state index contributed by atoms with van der Waals surface area (Å²) in [7, 11) is 1.73. The van der Waals surface area contributed by atoms with E-state index < -0.39 is 0 Å². The molecule has 2 aliphatic rings. The lowest BCUT2D eigenvalue weighted by molar-refractivity contribution is -0.137. The number of ether oxygens (including phenoxy) is 1. The minimum absolute atomic E-state index is 0.304. The lowest BCUT2D eigenvalue weighted by Gasteiger charge is -2.36. The summed E-state index contributed by atoms with van der Waals surface area (Å²) in [6.07, 6.45) is 4.64. The molecule has 126 valence electrons. The number of carbonyl (C=O) groups excluding carboxylic acids is 1. The maximum Gasteiger partial charge on any atom is 0.225 e. The Kier molecular flexibility index (Phi) is 5.21. The van der Waals surface area contributed by atoms with Gasteiger partial charge in [0.1, 0.15) is 5.75 Å². The molecule has 1 saturated heterocycles. The molecule has 1 aliphatic carbocycles. The van der Waals surface area contributed by atoms with Gasteiger partial charge >= 0.3 is 0 Å². The second kappa shape index (κ2) is 7.35. The van der Waals surface area contributed by atoms with Gasteiger partial charge in [-0.2, -0.15) is 0 Å². The van der Waals surface area contributed by atoms with Crippen molar-refractivity contribution >= 4 is 5.91 Å². The zero-order valence-corrected chi connectivity index (χ0v) is 14.4. The van der Waals surface area contributed by atoms with Gasteiger partial charge in [0.25, 0.3) is 0 Å². The first-order valence-corrected chi connectivity index (χ1v) is 8.82. The van der Waals surface area contributed by atoms with E-state index in [2.05, 4.69) is 28.9 Å². The van der Waals surface area contributed by atoms with Gasteiger partial charge in [-0.3, -0.25) is 9.69 Å². The van der Waals surface area contributed by atoms with Gasteiger partial charge in [-0.25, -0.2) is 0 Å². The van der Waals surface area contributed by atoms with Crippen LogP contribution in [0.25, 0.3) is 0 Å². The minimum atomic E-state index is 0.304. The third kappa shape index (κ3) is 3.86. The molecule has 1 aromatic rings. The van der Waals surface area contributed by atoms with Crippen molar-refractivity contribution in [2.24, 2.45) is 5.92 Å². The molecule has 1 aromatic carbocycles. The predicted molar refractivity (Wildman–Crippen MR) is 91.5 cm³/mol. The van der Waals surface area contributed by atoms with Crippen LogP contribution in [-0.2, 0) is 11.3 Å². The molecule has 0 radical (unpaired) electrons. The molecular weight excluding hydrogens is 288 g/mol. The van der Waals surface area contributed by atoms with Crippen molar-refractivity contribution < 1.29 is 9.53 Å². The Hall–Kier alpha value is -1.55. The fourth-order valence-electron chi connectivity index (χ4n) is 3.83. The molecule has 23 heavy (non-hydrogen) atoms. The Labute approximate surface area is 139 Å². The molecule has 1 aliphatic heterocycles. The minimum Gasteiger partial charge on any atom is -0.496 e. The maximum atomic E-state index is 12.5. The fourth-order valence-corrected chi connectivity index (χ4v) is 3.83. The number of nitrogens with zero attached hydrogens (tertiary/aromatic N) is 2. The molecule has 1 heterocycles. The Bertz CT molecular complexity index is 544. The molecule has 2 fully saturated rings. The molecule has 0 unspecified atom stereocenters.